The van der Waals surface area contributed by atoms with Gasteiger partial charge in [-0.1, -0.05) is 97.1 Å². The van der Waals surface area contributed by atoms with Crippen LogP contribution in [0.2, 0.25) is 0 Å². The Morgan fingerprint density at radius 1 is 0.667 bits per heavy atom. The number of hydrogen-bond acceptors (Lipinski definition) is 3. The molecular formula is C33H29N3O3. The Morgan fingerprint density at radius 3 is 1.77 bits per heavy atom. The molecule has 39 heavy (non-hydrogen) atoms. The summed E-state index contributed by atoms with van der Waals surface area (Å²) in [7, 11) is 0. The van der Waals surface area contributed by atoms with Crippen LogP contribution in [-0.2, 0) is 33.6 Å². The summed E-state index contributed by atoms with van der Waals surface area (Å²) in [5.41, 5.74) is 3.91. The Balaban J connectivity index is 1.53. The fourth-order valence-corrected chi connectivity index (χ4v) is 4.76. The predicted octanol–water partition coefficient (Wildman–Crippen LogP) is 5.56. The number of carbonyl (C=O) groups excluding carboxylic acids is 3. The quantitative estimate of drug-likeness (QED) is 0.270. The van der Waals surface area contributed by atoms with Gasteiger partial charge in [-0.15, -0.1) is 0 Å². The van der Waals surface area contributed by atoms with Crippen LogP contribution in [0, 0.1) is 0 Å². The van der Waals surface area contributed by atoms with Crippen molar-refractivity contribution in [3.63, 3.8) is 0 Å². The Labute approximate surface area is 227 Å². The van der Waals surface area contributed by atoms with Gasteiger partial charge < -0.3 is 10.3 Å². The van der Waals surface area contributed by atoms with Crippen molar-refractivity contribution in [1.82, 2.24) is 9.88 Å². The number of nitrogens with one attached hydrogen (secondary N) is 2. The topological polar surface area (TPSA) is 82.3 Å². The first kappa shape index (κ1) is 25.7. The van der Waals surface area contributed by atoms with Gasteiger partial charge in [0.05, 0.1) is 12.8 Å². The van der Waals surface area contributed by atoms with Crippen molar-refractivity contribution in [2.75, 3.05) is 5.32 Å². The highest BCUT2D eigenvalue weighted by Gasteiger charge is 2.35. The van der Waals surface area contributed by atoms with E-state index in [1.54, 1.807) is 12.1 Å². The van der Waals surface area contributed by atoms with Gasteiger partial charge in [0.25, 0.3) is 0 Å². The molecule has 0 saturated carbocycles. The number of nitrogens with zero attached hydrogens (tertiary/aromatic N) is 1. The lowest BCUT2D eigenvalue weighted by molar-refractivity contribution is -0.150. The van der Waals surface area contributed by atoms with Crippen molar-refractivity contribution in [1.29, 1.82) is 0 Å². The van der Waals surface area contributed by atoms with Gasteiger partial charge in [0.1, 0.15) is 6.04 Å². The summed E-state index contributed by atoms with van der Waals surface area (Å²) in [5.74, 6) is -1.26. The average molecular weight is 516 g/mol. The van der Waals surface area contributed by atoms with Crippen molar-refractivity contribution < 1.29 is 14.4 Å². The Hall–Kier alpha value is -4.97. The highest BCUT2D eigenvalue weighted by molar-refractivity contribution is 6.05. The third kappa shape index (κ3) is 6.30. The molecule has 1 aromatic heterocycles. The number of imide groups is 1. The number of anilines is 1. The van der Waals surface area contributed by atoms with Crippen LogP contribution in [0.5, 0.6) is 0 Å². The summed E-state index contributed by atoms with van der Waals surface area (Å²) >= 11 is 0. The minimum atomic E-state index is -1.06. The third-order valence-corrected chi connectivity index (χ3v) is 6.68. The maximum atomic E-state index is 13.9. The van der Waals surface area contributed by atoms with E-state index in [-0.39, 0.29) is 19.3 Å². The fraction of sp³-hybridized carbons (Fsp3) is 0.121. The van der Waals surface area contributed by atoms with Gasteiger partial charge >= 0.3 is 0 Å². The summed E-state index contributed by atoms with van der Waals surface area (Å²) in [6.45, 7) is 0. The zero-order chi connectivity index (χ0) is 27.0. The van der Waals surface area contributed by atoms with Gasteiger partial charge in [0.2, 0.25) is 17.7 Å². The molecule has 1 atom stereocenters. The zero-order valence-corrected chi connectivity index (χ0v) is 21.4. The first-order chi connectivity index (χ1) is 19.1. The lowest BCUT2D eigenvalue weighted by atomic mass is 10.0. The molecule has 6 nitrogen and oxygen atoms in total. The van der Waals surface area contributed by atoms with E-state index < -0.39 is 23.8 Å². The number of rotatable bonds is 9. The SMILES string of the molecule is O=C(Nc1ccccc1)C(Cc1c[nH]c2ccccc12)N(C(=O)Cc1ccccc1)C(=O)Cc1ccccc1. The number of carbonyl (C=O) groups is 3. The van der Waals surface area contributed by atoms with Crippen molar-refractivity contribution in [3.8, 4) is 0 Å². The summed E-state index contributed by atoms with van der Waals surface area (Å²) in [6, 6.07) is 34.3. The molecular weight excluding hydrogens is 486 g/mol. The van der Waals surface area contributed by atoms with Crippen LogP contribution < -0.4 is 5.32 Å². The minimum absolute atomic E-state index is 0.00434. The van der Waals surface area contributed by atoms with Gasteiger partial charge in [-0.25, -0.2) is 0 Å². The molecule has 5 rings (SSSR count). The third-order valence-electron chi connectivity index (χ3n) is 6.68. The molecule has 0 bridgehead atoms. The normalized spacial score (nSPS) is 11.6. The molecule has 3 amide bonds. The van der Waals surface area contributed by atoms with Crippen LogP contribution in [0.1, 0.15) is 16.7 Å². The van der Waals surface area contributed by atoms with Crippen LogP contribution in [0.4, 0.5) is 5.69 Å². The van der Waals surface area contributed by atoms with Crippen LogP contribution in [0.3, 0.4) is 0 Å². The average Bonchev–Trinajstić information content (AvgIpc) is 3.37. The van der Waals surface area contributed by atoms with Gasteiger partial charge in [0.15, 0.2) is 0 Å². The molecule has 0 saturated heterocycles. The molecule has 0 radical (unpaired) electrons. The Morgan fingerprint density at radius 2 is 1.18 bits per heavy atom. The number of aromatic nitrogens is 1. The van der Waals surface area contributed by atoms with Crippen molar-refractivity contribution in [2.24, 2.45) is 0 Å². The molecule has 194 valence electrons. The number of amides is 3. The monoisotopic (exact) mass is 515 g/mol. The van der Waals surface area contributed by atoms with Crippen molar-refractivity contribution in [3.05, 3.63) is 138 Å². The molecule has 6 heteroatoms. The number of fused-ring (bicyclic) bond motifs is 1. The van der Waals surface area contributed by atoms with Gasteiger partial charge in [-0.05, 0) is 34.9 Å². The standard InChI is InChI=1S/C33H29N3O3/c37-31(20-24-12-4-1-5-13-24)36(32(38)21-25-14-6-2-7-15-25)30(33(39)35-27-16-8-3-9-17-27)22-26-23-34-29-19-11-10-18-28(26)29/h1-19,23,30,34H,20-22H2,(H,35,39). The number of benzene rings is 4. The van der Waals surface area contributed by atoms with Crippen molar-refractivity contribution >= 4 is 34.3 Å². The smallest absolute Gasteiger partial charge is 0.248 e. The lowest BCUT2D eigenvalue weighted by Crippen LogP contribution is -2.52. The minimum Gasteiger partial charge on any atom is -0.361 e. The second kappa shape index (κ2) is 12.0. The van der Waals surface area contributed by atoms with E-state index in [0.717, 1.165) is 27.6 Å². The molecule has 0 aliphatic heterocycles. The lowest BCUT2D eigenvalue weighted by Gasteiger charge is -2.30. The molecule has 2 N–H and O–H groups in total. The highest BCUT2D eigenvalue weighted by atomic mass is 16.2. The van der Waals surface area contributed by atoms with E-state index in [4.69, 9.17) is 0 Å². The van der Waals surface area contributed by atoms with E-state index in [9.17, 15) is 14.4 Å². The van der Waals surface area contributed by atoms with Crippen LogP contribution in [-0.4, -0.2) is 33.6 Å². The summed E-state index contributed by atoms with van der Waals surface area (Å²) in [5, 5.41) is 3.87. The molecule has 1 unspecified atom stereocenters. The van der Waals surface area contributed by atoms with Crippen LogP contribution >= 0.6 is 0 Å². The van der Waals surface area contributed by atoms with E-state index in [0.29, 0.717) is 5.69 Å². The molecule has 0 aliphatic rings. The number of para-hydroxylation sites is 2. The van der Waals surface area contributed by atoms with Gasteiger partial charge in [0, 0.05) is 29.2 Å². The molecule has 0 aliphatic carbocycles. The van der Waals surface area contributed by atoms with E-state index in [2.05, 4.69) is 10.3 Å². The first-order valence-corrected chi connectivity index (χ1v) is 12.9. The second-order valence-electron chi connectivity index (χ2n) is 9.42. The molecule has 0 fully saturated rings. The predicted molar refractivity (Wildman–Crippen MR) is 153 cm³/mol. The highest BCUT2D eigenvalue weighted by Crippen LogP contribution is 2.23. The Kier molecular flexibility index (Phi) is 7.93. The fourth-order valence-electron chi connectivity index (χ4n) is 4.76. The van der Waals surface area contributed by atoms with E-state index in [1.165, 1.54) is 4.90 Å². The van der Waals surface area contributed by atoms with Gasteiger partial charge in [-0.3, -0.25) is 19.3 Å². The van der Waals surface area contributed by atoms with Crippen LogP contribution in [0.15, 0.2) is 121 Å². The molecule has 4 aromatic carbocycles. The van der Waals surface area contributed by atoms with E-state index >= 15 is 0 Å². The molecule has 1 heterocycles. The Bertz CT molecular complexity index is 1510. The summed E-state index contributed by atoms with van der Waals surface area (Å²) in [6.07, 6.45) is 2.02. The van der Waals surface area contributed by atoms with Crippen LogP contribution in [0.25, 0.3) is 10.9 Å². The summed E-state index contributed by atoms with van der Waals surface area (Å²) in [4.78, 5) is 46.0. The first-order valence-electron chi connectivity index (χ1n) is 12.9. The summed E-state index contributed by atoms with van der Waals surface area (Å²) < 4.78 is 0. The van der Waals surface area contributed by atoms with Crippen molar-refractivity contribution in [2.45, 2.75) is 25.3 Å². The molecule has 0 spiro atoms. The molecule has 5 aromatic rings. The maximum absolute atomic E-state index is 13.9. The largest absolute Gasteiger partial charge is 0.361 e. The second-order valence-corrected chi connectivity index (χ2v) is 9.42. The van der Waals surface area contributed by atoms with E-state index in [1.807, 2.05) is 109 Å². The maximum Gasteiger partial charge on any atom is 0.248 e. The zero-order valence-electron chi connectivity index (χ0n) is 21.4. The number of aromatic amines is 1. The number of H-pyrrole nitrogens is 1. The number of hydrogen-bond donors (Lipinski definition) is 2. The van der Waals surface area contributed by atoms with Gasteiger partial charge in [-0.2, -0.15) is 0 Å².